The van der Waals surface area contributed by atoms with E-state index in [0.717, 1.165) is 16.9 Å². The maximum atomic E-state index is 10.7. The molecule has 0 aromatic heterocycles. The highest BCUT2D eigenvalue weighted by Crippen LogP contribution is 2.31. The lowest BCUT2D eigenvalue weighted by Crippen LogP contribution is -2.58. The average Bonchev–Trinajstić information content (AvgIpc) is 2.73. The molecule has 3 rings (SSSR count). The molecule has 0 amide bonds. The van der Waals surface area contributed by atoms with E-state index in [1.54, 1.807) is 11.8 Å². The quantitative estimate of drug-likeness (QED) is 0.670. The lowest BCUT2D eigenvalue weighted by atomic mass is 10.00. The zero-order valence-corrected chi connectivity index (χ0v) is 16.8. The van der Waals surface area contributed by atoms with E-state index in [1.165, 1.54) is 0 Å². The zero-order chi connectivity index (χ0) is 19.8. The van der Waals surface area contributed by atoms with Gasteiger partial charge in [0, 0.05) is 0 Å². The number of thioether (sulfide) groups is 1. The molecule has 0 unspecified atom stereocenters. The highest BCUT2D eigenvalue weighted by atomic mass is 32.2. The number of aliphatic hydroxyl groups excluding tert-OH is 2. The van der Waals surface area contributed by atoms with E-state index in [1.807, 2.05) is 67.6 Å². The third-order valence-electron chi connectivity index (χ3n) is 4.65. The Morgan fingerprint density at radius 2 is 1.50 bits per heavy atom. The van der Waals surface area contributed by atoms with E-state index in [-0.39, 0.29) is 12.0 Å². The highest BCUT2D eigenvalue weighted by molar-refractivity contribution is 7.99. The minimum Gasteiger partial charge on any atom is -0.387 e. The van der Waals surface area contributed by atoms with Crippen LogP contribution in [0, 0.1) is 0 Å². The number of hydrogen-bond acceptors (Lipinski definition) is 6. The summed E-state index contributed by atoms with van der Waals surface area (Å²) in [7, 11) is 0. The van der Waals surface area contributed by atoms with Crippen LogP contribution in [0.25, 0.3) is 0 Å². The first-order valence-corrected chi connectivity index (χ1v) is 10.6. The maximum absolute atomic E-state index is 10.7. The highest BCUT2D eigenvalue weighted by Gasteiger charge is 2.45. The van der Waals surface area contributed by atoms with Crippen LogP contribution in [-0.4, -0.2) is 52.4 Å². The number of aliphatic hydroxyl groups is 2. The van der Waals surface area contributed by atoms with Gasteiger partial charge in [0.1, 0.15) is 29.9 Å². The van der Waals surface area contributed by atoms with Crippen LogP contribution in [-0.2, 0) is 27.4 Å². The molecule has 152 valence electrons. The molecule has 1 heterocycles. The Kier molecular flexibility index (Phi) is 8.33. The van der Waals surface area contributed by atoms with Crippen molar-refractivity contribution in [3.05, 3.63) is 71.8 Å². The summed E-state index contributed by atoms with van der Waals surface area (Å²) in [6.07, 6.45) is -3.30. The van der Waals surface area contributed by atoms with E-state index < -0.39 is 24.4 Å². The molecular weight excluding hydrogens is 376 g/mol. The van der Waals surface area contributed by atoms with Gasteiger partial charge < -0.3 is 24.4 Å². The third kappa shape index (κ3) is 5.80. The molecule has 6 heteroatoms. The second kappa shape index (κ2) is 11.0. The van der Waals surface area contributed by atoms with Crippen LogP contribution in [0.4, 0.5) is 0 Å². The van der Waals surface area contributed by atoms with Gasteiger partial charge in [-0.15, -0.1) is 11.8 Å². The van der Waals surface area contributed by atoms with Gasteiger partial charge >= 0.3 is 0 Å². The molecule has 2 N–H and O–H groups in total. The minimum absolute atomic E-state index is 0.208. The summed E-state index contributed by atoms with van der Waals surface area (Å²) in [5.41, 5.74) is 1.70. The SMILES string of the molecule is CCS[C@@H]1O[C@H](COCc2ccccc2)[C@H](O)[C@H](O)[C@H]1OCc1ccccc1. The fourth-order valence-electron chi connectivity index (χ4n) is 3.15. The molecule has 0 bridgehead atoms. The van der Waals surface area contributed by atoms with Gasteiger partial charge in [0.15, 0.2) is 0 Å². The number of benzene rings is 2. The Morgan fingerprint density at radius 3 is 2.11 bits per heavy atom. The van der Waals surface area contributed by atoms with Crippen molar-refractivity contribution in [1.82, 2.24) is 0 Å². The second-order valence-electron chi connectivity index (χ2n) is 6.74. The van der Waals surface area contributed by atoms with E-state index in [0.29, 0.717) is 13.2 Å². The largest absolute Gasteiger partial charge is 0.387 e. The van der Waals surface area contributed by atoms with Gasteiger partial charge in [-0.3, -0.25) is 0 Å². The van der Waals surface area contributed by atoms with E-state index in [9.17, 15) is 10.2 Å². The average molecular weight is 405 g/mol. The molecular formula is C22H28O5S. The lowest BCUT2D eigenvalue weighted by Gasteiger charge is -2.42. The molecule has 1 saturated heterocycles. The standard InChI is InChI=1S/C22H28O5S/c1-2-28-22-21(26-14-17-11-7-4-8-12-17)20(24)19(23)18(27-22)15-25-13-16-9-5-3-6-10-16/h3-12,18-24H,2,13-15H2,1H3/t18-,19+,20+,21-,22+/m1/s1. The molecule has 1 aliphatic rings. The summed E-state index contributed by atoms with van der Waals surface area (Å²) < 4.78 is 17.7. The van der Waals surface area contributed by atoms with Crippen LogP contribution in [0.3, 0.4) is 0 Å². The zero-order valence-electron chi connectivity index (χ0n) is 16.0. The smallest absolute Gasteiger partial charge is 0.132 e. The van der Waals surface area contributed by atoms with Gasteiger partial charge in [0.05, 0.1) is 19.8 Å². The van der Waals surface area contributed by atoms with Crippen molar-refractivity contribution in [1.29, 1.82) is 0 Å². The van der Waals surface area contributed by atoms with E-state index in [4.69, 9.17) is 14.2 Å². The van der Waals surface area contributed by atoms with Crippen LogP contribution in [0.2, 0.25) is 0 Å². The molecule has 0 radical (unpaired) electrons. The van der Waals surface area contributed by atoms with Crippen molar-refractivity contribution in [3.8, 4) is 0 Å². The molecule has 5 nitrogen and oxygen atoms in total. The van der Waals surface area contributed by atoms with Crippen molar-refractivity contribution >= 4 is 11.8 Å². The molecule has 28 heavy (non-hydrogen) atoms. The Hall–Kier alpha value is -1.41. The van der Waals surface area contributed by atoms with Crippen molar-refractivity contribution in [2.75, 3.05) is 12.4 Å². The van der Waals surface area contributed by atoms with Crippen molar-refractivity contribution in [3.63, 3.8) is 0 Å². The van der Waals surface area contributed by atoms with E-state index >= 15 is 0 Å². The molecule has 1 fully saturated rings. The third-order valence-corrected chi connectivity index (χ3v) is 5.70. The molecule has 2 aromatic rings. The van der Waals surface area contributed by atoms with Crippen LogP contribution >= 0.6 is 11.8 Å². The van der Waals surface area contributed by atoms with Gasteiger partial charge in [-0.05, 0) is 16.9 Å². The summed E-state index contributed by atoms with van der Waals surface area (Å²) in [6.45, 7) is 3.03. The van der Waals surface area contributed by atoms with Crippen molar-refractivity contribution < 1.29 is 24.4 Å². The summed E-state index contributed by atoms with van der Waals surface area (Å²) in [6, 6.07) is 19.6. The minimum atomic E-state index is -1.06. The Morgan fingerprint density at radius 1 is 0.893 bits per heavy atom. The van der Waals surface area contributed by atoms with Crippen molar-refractivity contribution in [2.45, 2.75) is 50.0 Å². The first-order valence-electron chi connectivity index (χ1n) is 9.59. The van der Waals surface area contributed by atoms with Crippen LogP contribution in [0.1, 0.15) is 18.1 Å². The van der Waals surface area contributed by atoms with Gasteiger partial charge in [-0.1, -0.05) is 67.6 Å². The second-order valence-corrected chi connectivity index (χ2v) is 8.12. The summed E-state index contributed by atoms with van der Waals surface area (Å²) in [4.78, 5) is 0. The van der Waals surface area contributed by atoms with Crippen molar-refractivity contribution in [2.24, 2.45) is 0 Å². The lowest BCUT2D eigenvalue weighted by molar-refractivity contribution is -0.225. The molecule has 2 aromatic carbocycles. The molecule has 0 saturated carbocycles. The Labute approximate surface area is 170 Å². The summed E-state index contributed by atoms with van der Waals surface area (Å²) >= 11 is 1.56. The summed E-state index contributed by atoms with van der Waals surface area (Å²) in [5.74, 6) is 0.816. The molecule has 0 aliphatic carbocycles. The fraction of sp³-hybridized carbons (Fsp3) is 0.455. The Bertz CT molecular complexity index is 682. The van der Waals surface area contributed by atoms with Crippen LogP contribution in [0.5, 0.6) is 0 Å². The van der Waals surface area contributed by atoms with Gasteiger partial charge in [-0.25, -0.2) is 0 Å². The Balaban J connectivity index is 1.57. The van der Waals surface area contributed by atoms with Gasteiger partial charge in [-0.2, -0.15) is 0 Å². The first-order chi connectivity index (χ1) is 13.7. The fourth-order valence-corrected chi connectivity index (χ4v) is 4.13. The molecule has 1 aliphatic heterocycles. The molecule has 5 atom stereocenters. The summed E-state index contributed by atoms with van der Waals surface area (Å²) in [5, 5.41) is 21.2. The topological polar surface area (TPSA) is 68.2 Å². The normalized spacial score (nSPS) is 27.6. The number of hydrogen-bond donors (Lipinski definition) is 2. The van der Waals surface area contributed by atoms with Gasteiger partial charge in [0.2, 0.25) is 0 Å². The maximum Gasteiger partial charge on any atom is 0.132 e. The van der Waals surface area contributed by atoms with E-state index in [2.05, 4.69) is 0 Å². The van der Waals surface area contributed by atoms with Gasteiger partial charge in [0.25, 0.3) is 0 Å². The number of rotatable bonds is 9. The first kappa shape index (κ1) is 21.3. The number of ether oxygens (including phenoxy) is 3. The predicted molar refractivity (Wildman–Crippen MR) is 110 cm³/mol. The molecule has 0 spiro atoms. The monoisotopic (exact) mass is 404 g/mol. The predicted octanol–water partition coefficient (Wildman–Crippen LogP) is 2.99. The van der Waals surface area contributed by atoms with Crippen LogP contribution in [0.15, 0.2) is 60.7 Å². The van der Waals surface area contributed by atoms with Crippen LogP contribution < -0.4 is 0 Å².